The van der Waals surface area contributed by atoms with Gasteiger partial charge in [-0.3, -0.25) is 9.59 Å². The van der Waals surface area contributed by atoms with Gasteiger partial charge in [0.25, 0.3) is 0 Å². The van der Waals surface area contributed by atoms with Gasteiger partial charge in [0.2, 0.25) is 5.91 Å². The van der Waals surface area contributed by atoms with E-state index in [9.17, 15) is 9.59 Å². The Hall–Kier alpha value is -3.15. The third-order valence-electron chi connectivity index (χ3n) is 4.26. The Balaban J connectivity index is 1.51. The minimum absolute atomic E-state index is 0.0652. The predicted molar refractivity (Wildman–Crippen MR) is 104 cm³/mol. The molecule has 140 valence electrons. The number of nitrogens with zero attached hydrogens (tertiary/aromatic N) is 1. The van der Waals surface area contributed by atoms with Crippen LogP contribution >= 0.6 is 0 Å². The van der Waals surface area contributed by atoms with Gasteiger partial charge in [-0.25, -0.2) is 4.98 Å². The van der Waals surface area contributed by atoms with Crippen molar-refractivity contribution in [1.29, 1.82) is 0 Å². The van der Waals surface area contributed by atoms with Crippen LogP contribution in [0.3, 0.4) is 0 Å². The van der Waals surface area contributed by atoms with Gasteiger partial charge < -0.3 is 15.0 Å². The van der Waals surface area contributed by atoms with Crippen molar-refractivity contribution in [2.24, 2.45) is 0 Å². The van der Waals surface area contributed by atoms with Crippen LogP contribution in [0.2, 0.25) is 0 Å². The van der Waals surface area contributed by atoms with Crippen LogP contribution in [0.15, 0.2) is 48.5 Å². The van der Waals surface area contributed by atoms with Crippen molar-refractivity contribution in [2.45, 2.75) is 32.7 Å². The predicted octanol–water partition coefficient (Wildman–Crippen LogP) is 3.80. The van der Waals surface area contributed by atoms with E-state index < -0.39 is 0 Å². The molecule has 2 aromatic carbocycles. The highest BCUT2D eigenvalue weighted by molar-refractivity contribution is 5.98. The van der Waals surface area contributed by atoms with Gasteiger partial charge in [0, 0.05) is 18.4 Å². The molecule has 6 nitrogen and oxygen atoms in total. The fraction of sp³-hybridized carbons (Fsp3) is 0.286. The summed E-state index contributed by atoms with van der Waals surface area (Å²) < 4.78 is 5.36. The third-order valence-corrected chi connectivity index (χ3v) is 4.26. The molecule has 1 unspecified atom stereocenters. The van der Waals surface area contributed by atoms with E-state index in [4.69, 9.17) is 4.74 Å². The highest BCUT2D eigenvalue weighted by Crippen LogP contribution is 2.16. The maximum Gasteiger partial charge on any atom is 0.221 e. The zero-order chi connectivity index (χ0) is 19.2. The lowest BCUT2D eigenvalue weighted by Crippen LogP contribution is -2.27. The SMILES string of the molecule is CCOc1ccc(C(=O)CCC(=O)NC(C)c2nc3ccccc3[nH]2)cc1. The number of nitrogens with one attached hydrogen (secondary N) is 2. The van der Waals surface area contributed by atoms with Crippen LogP contribution in [0.5, 0.6) is 5.75 Å². The largest absolute Gasteiger partial charge is 0.494 e. The molecule has 1 heterocycles. The van der Waals surface area contributed by atoms with Gasteiger partial charge >= 0.3 is 0 Å². The number of carbonyl (C=O) groups excluding carboxylic acids is 2. The summed E-state index contributed by atoms with van der Waals surface area (Å²) >= 11 is 0. The van der Waals surface area contributed by atoms with E-state index in [0.717, 1.165) is 16.8 Å². The number of ether oxygens (including phenoxy) is 1. The van der Waals surface area contributed by atoms with E-state index >= 15 is 0 Å². The first-order valence-corrected chi connectivity index (χ1v) is 9.07. The Labute approximate surface area is 158 Å². The zero-order valence-electron chi connectivity index (χ0n) is 15.5. The number of aromatic nitrogens is 2. The number of imidazole rings is 1. The molecule has 3 rings (SSSR count). The van der Waals surface area contributed by atoms with Gasteiger partial charge in [0.05, 0.1) is 23.7 Å². The molecule has 6 heteroatoms. The first-order chi connectivity index (χ1) is 13.1. The van der Waals surface area contributed by atoms with E-state index in [1.165, 1.54) is 0 Å². The van der Waals surface area contributed by atoms with E-state index in [0.29, 0.717) is 18.0 Å². The van der Waals surface area contributed by atoms with Crippen LogP contribution in [0.1, 0.15) is 48.9 Å². The molecule has 27 heavy (non-hydrogen) atoms. The second-order valence-corrected chi connectivity index (χ2v) is 6.31. The van der Waals surface area contributed by atoms with E-state index in [1.807, 2.05) is 38.1 Å². The van der Waals surface area contributed by atoms with Crippen molar-refractivity contribution in [2.75, 3.05) is 6.61 Å². The number of H-pyrrole nitrogens is 1. The number of carbonyl (C=O) groups is 2. The van der Waals surface area contributed by atoms with Gasteiger partial charge in [-0.05, 0) is 50.2 Å². The van der Waals surface area contributed by atoms with Crippen LogP contribution in [0.25, 0.3) is 11.0 Å². The van der Waals surface area contributed by atoms with Crippen molar-refractivity contribution in [3.05, 3.63) is 59.9 Å². The lowest BCUT2D eigenvalue weighted by atomic mass is 10.1. The summed E-state index contributed by atoms with van der Waals surface area (Å²) in [6.07, 6.45) is 0.295. The second-order valence-electron chi connectivity index (χ2n) is 6.31. The monoisotopic (exact) mass is 365 g/mol. The molecular weight excluding hydrogens is 342 g/mol. The number of benzene rings is 2. The molecule has 0 aliphatic heterocycles. The number of hydrogen-bond donors (Lipinski definition) is 2. The quantitative estimate of drug-likeness (QED) is 0.595. The Morgan fingerprint density at radius 3 is 2.56 bits per heavy atom. The van der Waals surface area contributed by atoms with Crippen molar-refractivity contribution >= 4 is 22.7 Å². The topological polar surface area (TPSA) is 84.1 Å². The lowest BCUT2D eigenvalue weighted by molar-refractivity contribution is -0.121. The number of Topliss-reactive ketones (excluding diaryl/α,β-unsaturated/α-hetero) is 1. The van der Waals surface area contributed by atoms with Crippen molar-refractivity contribution < 1.29 is 14.3 Å². The van der Waals surface area contributed by atoms with Crippen molar-refractivity contribution in [3.63, 3.8) is 0 Å². The zero-order valence-corrected chi connectivity index (χ0v) is 15.5. The highest BCUT2D eigenvalue weighted by Gasteiger charge is 2.15. The van der Waals surface area contributed by atoms with Gasteiger partial charge in [0.15, 0.2) is 5.78 Å². The first kappa shape index (κ1) is 18.6. The molecule has 2 N–H and O–H groups in total. The average Bonchev–Trinajstić information content (AvgIpc) is 3.11. The highest BCUT2D eigenvalue weighted by atomic mass is 16.5. The van der Waals surface area contributed by atoms with Gasteiger partial charge in [-0.1, -0.05) is 12.1 Å². The summed E-state index contributed by atoms with van der Waals surface area (Å²) in [7, 11) is 0. The number of ketones is 1. The van der Waals surface area contributed by atoms with Gasteiger partial charge in [-0.2, -0.15) is 0 Å². The van der Waals surface area contributed by atoms with Crippen molar-refractivity contribution in [3.8, 4) is 5.75 Å². The van der Waals surface area contributed by atoms with E-state index in [-0.39, 0.29) is 30.6 Å². The molecule has 1 atom stereocenters. The normalized spacial score (nSPS) is 11.9. The van der Waals surface area contributed by atoms with Crippen LogP contribution in [-0.2, 0) is 4.79 Å². The summed E-state index contributed by atoms with van der Waals surface area (Å²) in [6, 6.07) is 14.4. The van der Waals surface area contributed by atoms with Crippen molar-refractivity contribution in [1.82, 2.24) is 15.3 Å². The minimum atomic E-state index is -0.259. The van der Waals surface area contributed by atoms with Crippen LogP contribution < -0.4 is 10.1 Å². The number of para-hydroxylation sites is 2. The average molecular weight is 365 g/mol. The smallest absolute Gasteiger partial charge is 0.221 e. The van der Waals surface area contributed by atoms with E-state index in [1.54, 1.807) is 24.3 Å². The Morgan fingerprint density at radius 1 is 1.11 bits per heavy atom. The fourth-order valence-electron chi connectivity index (χ4n) is 2.83. The second kappa shape index (κ2) is 8.49. The molecule has 0 saturated heterocycles. The molecule has 0 aliphatic rings. The van der Waals surface area contributed by atoms with Gasteiger partial charge in [-0.15, -0.1) is 0 Å². The minimum Gasteiger partial charge on any atom is -0.494 e. The summed E-state index contributed by atoms with van der Waals surface area (Å²) in [5, 5.41) is 2.88. The number of aromatic amines is 1. The Morgan fingerprint density at radius 2 is 1.85 bits per heavy atom. The summed E-state index contributed by atoms with van der Waals surface area (Å²) in [5.74, 6) is 1.18. The van der Waals surface area contributed by atoms with Crippen LogP contribution in [-0.4, -0.2) is 28.3 Å². The van der Waals surface area contributed by atoms with Gasteiger partial charge in [0.1, 0.15) is 11.6 Å². The number of rotatable bonds is 8. The Bertz CT molecular complexity index is 898. The maximum atomic E-state index is 12.3. The van der Waals surface area contributed by atoms with Crippen LogP contribution in [0.4, 0.5) is 0 Å². The molecular formula is C21H23N3O3. The summed E-state index contributed by atoms with van der Waals surface area (Å²) in [4.78, 5) is 32.1. The molecule has 3 aromatic rings. The molecule has 1 amide bonds. The number of amides is 1. The molecule has 0 spiro atoms. The summed E-state index contributed by atoms with van der Waals surface area (Å²) in [5.41, 5.74) is 2.37. The number of fused-ring (bicyclic) bond motifs is 1. The van der Waals surface area contributed by atoms with E-state index in [2.05, 4.69) is 15.3 Å². The molecule has 0 radical (unpaired) electrons. The maximum absolute atomic E-state index is 12.3. The first-order valence-electron chi connectivity index (χ1n) is 9.07. The third kappa shape index (κ3) is 4.73. The molecule has 0 saturated carbocycles. The molecule has 0 fully saturated rings. The standard InChI is InChI=1S/C21H23N3O3/c1-3-27-16-10-8-15(9-11-16)19(25)12-13-20(26)22-14(2)21-23-17-6-4-5-7-18(17)24-21/h4-11,14H,3,12-13H2,1-2H3,(H,22,26)(H,23,24). The summed E-state index contributed by atoms with van der Waals surface area (Å²) in [6.45, 7) is 4.35. The lowest BCUT2D eigenvalue weighted by Gasteiger charge is -2.11. The molecule has 0 bridgehead atoms. The Kier molecular flexibility index (Phi) is 5.86. The molecule has 0 aliphatic carbocycles. The fourth-order valence-corrected chi connectivity index (χ4v) is 2.83. The molecule has 1 aromatic heterocycles. The number of hydrogen-bond acceptors (Lipinski definition) is 4. The van der Waals surface area contributed by atoms with Crippen LogP contribution in [0, 0.1) is 0 Å².